The fraction of sp³-hybridized carbons (Fsp3) is 0.235. The molecule has 1 N–H and O–H groups in total. The molecule has 0 spiro atoms. The van der Waals surface area contributed by atoms with Crippen LogP contribution >= 0.6 is 23.2 Å². The minimum absolute atomic E-state index is 0.0225. The molecule has 0 fully saturated rings. The number of halogens is 2. The largest absolute Gasteiger partial charge is 0.495 e. The van der Waals surface area contributed by atoms with E-state index in [2.05, 4.69) is 20.3 Å². The normalized spacial score (nSPS) is 12.1. The van der Waals surface area contributed by atoms with Gasteiger partial charge in [0.05, 0.1) is 35.9 Å². The van der Waals surface area contributed by atoms with Crippen molar-refractivity contribution >= 4 is 51.8 Å². The third kappa shape index (κ3) is 7.43. The maximum atomic E-state index is 14.6. The molecule has 242 valence electrons. The first-order valence-corrected chi connectivity index (χ1v) is 15.4. The summed E-state index contributed by atoms with van der Waals surface area (Å²) in [4.78, 5) is 46.6. The van der Waals surface area contributed by atoms with Gasteiger partial charge in [0, 0.05) is 42.4 Å². The average Bonchev–Trinajstić information content (AvgIpc) is 3.05. The number of anilines is 2. The van der Waals surface area contributed by atoms with Gasteiger partial charge in [-0.05, 0) is 50.4 Å². The van der Waals surface area contributed by atoms with Crippen LogP contribution in [0.3, 0.4) is 0 Å². The van der Waals surface area contributed by atoms with E-state index in [4.69, 9.17) is 37.7 Å². The van der Waals surface area contributed by atoms with Gasteiger partial charge in [-0.15, -0.1) is 0 Å². The fourth-order valence-corrected chi connectivity index (χ4v) is 5.79. The zero-order valence-electron chi connectivity index (χ0n) is 26.5. The predicted octanol–water partition coefficient (Wildman–Crippen LogP) is 6.15. The van der Waals surface area contributed by atoms with Gasteiger partial charge in [-0.2, -0.15) is 4.98 Å². The maximum Gasteiger partial charge on any atom is 0.260 e. The number of nitrogens with one attached hydrogen (secondary N) is 1. The highest BCUT2D eigenvalue weighted by atomic mass is 35.5. The number of likely N-dealkylation sites (N-methyl/N-ethyl adjacent to an activating group) is 1. The van der Waals surface area contributed by atoms with Crippen molar-refractivity contribution in [1.82, 2.24) is 29.4 Å². The third-order valence-electron chi connectivity index (χ3n) is 7.41. The van der Waals surface area contributed by atoms with Crippen LogP contribution in [0.15, 0.2) is 78.1 Å². The van der Waals surface area contributed by atoms with Crippen molar-refractivity contribution in [1.29, 1.82) is 0 Å². The highest BCUT2D eigenvalue weighted by Gasteiger charge is 2.25. The number of nitrogens with zero attached hydrogens (tertiary/aromatic N) is 6. The molecule has 3 heterocycles. The Morgan fingerprint density at radius 1 is 1.06 bits per heavy atom. The summed E-state index contributed by atoms with van der Waals surface area (Å²) < 4.78 is 12.5. The van der Waals surface area contributed by atoms with Gasteiger partial charge in [0.1, 0.15) is 29.3 Å². The molecule has 5 aromatic rings. The number of hydrogen-bond donors (Lipinski definition) is 1. The summed E-state index contributed by atoms with van der Waals surface area (Å²) in [6.07, 6.45) is 8.24. The summed E-state index contributed by atoms with van der Waals surface area (Å²) in [6.45, 7) is 2.55. The minimum Gasteiger partial charge on any atom is -0.495 e. The number of carbonyl (C=O) groups excluding carboxylic acids is 1. The van der Waals surface area contributed by atoms with E-state index in [1.165, 1.54) is 20.5 Å². The van der Waals surface area contributed by atoms with Crippen LogP contribution in [0, 0.1) is 0 Å². The van der Waals surface area contributed by atoms with Crippen LogP contribution in [-0.2, 0) is 11.2 Å². The van der Waals surface area contributed by atoms with E-state index in [1.807, 2.05) is 56.3 Å². The molecular weight excluding hydrogens is 641 g/mol. The van der Waals surface area contributed by atoms with Gasteiger partial charge in [-0.1, -0.05) is 53.5 Å². The second-order valence-electron chi connectivity index (χ2n) is 10.9. The molecule has 0 saturated heterocycles. The lowest BCUT2D eigenvalue weighted by atomic mass is 10.00. The summed E-state index contributed by atoms with van der Waals surface area (Å²) in [5.41, 5.74) is 2.00. The molecule has 2 aromatic carbocycles. The second-order valence-corrected chi connectivity index (χ2v) is 11.7. The smallest absolute Gasteiger partial charge is 0.260 e. The van der Waals surface area contributed by atoms with Crippen LogP contribution in [0.5, 0.6) is 11.5 Å². The zero-order valence-corrected chi connectivity index (χ0v) is 28.0. The summed E-state index contributed by atoms with van der Waals surface area (Å²) in [7, 11) is 6.81. The summed E-state index contributed by atoms with van der Waals surface area (Å²) in [5.74, 6) is 1.27. The predicted molar refractivity (Wildman–Crippen MR) is 184 cm³/mol. The van der Waals surface area contributed by atoms with Gasteiger partial charge in [0.15, 0.2) is 5.78 Å². The lowest BCUT2D eigenvalue weighted by molar-refractivity contribution is -0.114. The summed E-state index contributed by atoms with van der Waals surface area (Å²) in [5, 5.41) is 3.91. The number of pyridine rings is 1. The van der Waals surface area contributed by atoms with Crippen molar-refractivity contribution in [3.8, 4) is 22.6 Å². The summed E-state index contributed by atoms with van der Waals surface area (Å²) in [6, 6.07) is 11.9. The van der Waals surface area contributed by atoms with E-state index in [0.717, 1.165) is 11.1 Å². The number of benzene rings is 2. The van der Waals surface area contributed by atoms with Gasteiger partial charge in [-0.3, -0.25) is 14.2 Å². The molecule has 1 atom stereocenters. The van der Waals surface area contributed by atoms with Crippen LogP contribution in [0.25, 0.3) is 22.2 Å². The van der Waals surface area contributed by atoms with Crippen LogP contribution in [-0.4, -0.2) is 70.0 Å². The quantitative estimate of drug-likeness (QED) is 0.154. The Bertz CT molecular complexity index is 1990. The third-order valence-corrected chi connectivity index (χ3v) is 8.16. The number of hydrogen-bond acceptors (Lipinski definition) is 10. The van der Waals surface area contributed by atoms with Crippen molar-refractivity contribution in [2.24, 2.45) is 0 Å². The number of ether oxygens (including phenoxy) is 2. The maximum absolute atomic E-state index is 14.6. The highest BCUT2D eigenvalue weighted by molar-refractivity contribution is 6.41. The molecule has 0 aliphatic carbocycles. The molecule has 11 nitrogen and oxygen atoms in total. The molecular formula is C34H33Cl2N7O4. The van der Waals surface area contributed by atoms with Crippen molar-refractivity contribution in [3.63, 3.8) is 0 Å². The van der Waals surface area contributed by atoms with Crippen molar-refractivity contribution in [3.05, 3.63) is 105 Å². The standard InChI is InChI=1S/C34H33Cl2N7O4/c1-20(22-9-6-8-21(14-22)15-24(44)10-7-13-42(2)3)43-32-23(18-38-34(41-32)40-28-11-12-37-19-39-28)16-25(33(43)45)29-30(35)26(46-4)17-27(47-5)31(29)36/h6-12,14,16-20H,13,15H2,1-5H3,(H,37,38,39,40,41)/b10-7+. The highest BCUT2D eigenvalue weighted by Crippen LogP contribution is 2.45. The lowest BCUT2D eigenvalue weighted by Gasteiger charge is -2.21. The number of aromatic nitrogens is 5. The number of fused-ring (bicyclic) bond motifs is 1. The van der Waals surface area contributed by atoms with E-state index in [0.29, 0.717) is 34.9 Å². The van der Waals surface area contributed by atoms with Gasteiger partial charge in [-0.25, -0.2) is 15.0 Å². The first-order valence-electron chi connectivity index (χ1n) is 14.6. The molecule has 5 rings (SSSR count). The number of rotatable bonds is 12. The molecule has 1 unspecified atom stereocenters. The molecule has 0 aliphatic heterocycles. The Morgan fingerprint density at radius 2 is 1.81 bits per heavy atom. The van der Waals surface area contributed by atoms with Crippen molar-refractivity contribution in [2.75, 3.05) is 40.2 Å². The Morgan fingerprint density at radius 3 is 2.47 bits per heavy atom. The van der Waals surface area contributed by atoms with E-state index < -0.39 is 11.6 Å². The molecule has 0 radical (unpaired) electrons. The zero-order chi connectivity index (χ0) is 33.7. The molecule has 13 heteroatoms. The van der Waals surface area contributed by atoms with Gasteiger partial charge >= 0.3 is 0 Å². The van der Waals surface area contributed by atoms with Gasteiger partial charge in [0.2, 0.25) is 5.95 Å². The Balaban J connectivity index is 1.68. The SMILES string of the molecule is COc1cc(OC)c(Cl)c(-c2cc3cnc(Nc4ccncn4)nc3n(C(C)c3cccc(CC(=O)/C=C/CN(C)C)c3)c2=O)c1Cl. The Labute approximate surface area is 281 Å². The first kappa shape index (κ1) is 33.5. The summed E-state index contributed by atoms with van der Waals surface area (Å²) >= 11 is 13.6. The molecule has 3 aromatic heterocycles. The second kappa shape index (κ2) is 14.7. The molecule has 0 aliphatic rings. The number of ketones is 1. The average molecular weight is 675 g/mol. The van der Waals surface area contributed by atoms with Gasteiger partial charge < -0.3 is 19.7 Å². The number of methoxy groups -OCH3 is 2. The first-order chi connectivity index (χ1) is 22.6. The monoisotopic (exact) mass is 673 g/mol. The van der Waals surface area contributed by atoms with Crippen molar-refractivity contribution in [2.45, 2.75) is 19.4 Å². The fourth-order valence-electron chi connectivity index (χ4n) is 5.09. The number of allylic oxidation sites excluding steroid dienone is 1. The lowest BCUT2D eigenvalue weighted by Crippen LogP contribution is -2.27. The van der Waals surface area contributed by atoms with E-state index in [1.54, 1.807) is 41.2 Å². The number of carbonyl (C=O) groups is 1. The molecule has 0 bridgehead atoms. The Kier molecular flexibility index (Phi) is 10.5. The van der Waals surface area contributed by atoms with Crippen molar-refractivity contribution < 1.29 is 14.3 Å². The topological polar surface area (TPSA) is 124 Å². The Hall–Kier alpha value is -4.84. The molecule has 0 saturated carbocycles. The van der Waals surface area contributed by atoms with Crippen LogP contribution in [0.2, 0.25) is 10.0 Å². The van der Waals surface area contributed by atoms with E-state index in [-0.39, 0.29) is 39.3 Å². The van der Waals surface area contributed by atoms with Crippen LogP contribution in [0.4, 0.5) is 11.8 Å². The van der Waals surface area contributed by atoms with E-state index in [9.17, 15) is 9.59 Å². The van der Waals surface area contributed by atoms with E-state index >= 15 is 0 Å². The van der Waals surface area contributed by atoms with Crippen LogP contribution < -0.4 is 20.3 Å². The molecule has 47 heavy (non-hydrogen) atoms. The molecule has 0 amide bonds. The van der Waals surface area contributed by atoms with Gasteiger partial charge in [0.25, 0.3) is 5.56 Å². The minimum atomic E-state index is -0.545. The van der Waals surface area contributed by atoms with Crippen LogP contribution in [0.1, 0.15) is 24.1 Å².